The minimum Gasteiger partial charge on any atom is -0.321 e. The van der Waals surface area contributed by atoms with Crippen LogP contribution in [0.2, 0.25) is 0 Å². The number of hydrogen-bond donors (Lipinski definition) is 1. The molecule has 24 heavy (non-hydrogen) atoms. The standard InChI is InChI=1S/C15H8F6INO/c16-14(17,18)8-5-6-10(15(19,20)21)12(7-8)23-13(24)9-3-1-2-4-11(9)22/h1-7H,(H,23,24). The second kappa shape index (κ2) is 6.61. The second-order valence-corrected chi connectivity index (χ2v) is 5.85. The number of benzene rings is 2. The number of hydrogen-bond acceptors (Lipinski definition) is 1. The maximum absolute atomic E-state index is 13.0. The van der Waals surface area contributed by atoms with E-state index >= 15 is 0 Å². The summed E-state index contributed by atoms with van der Waals surface area (Å²) in [4.78, 5) is 12.1. The first-order valence-corrected chi connectivity index (χ1v) is 7.42. The quantitative estimate of drug-likeness (QED) is 0.461. The number of alkyl halides is 6. The summed E-state index contributed by atoms with van der Waals surface area (Å²) in [6.45, 7) is 0. The van der Waals surface area contributed by atoms with E-state index in [2.05, 4.69) is 0 Å². The number of amides is 1. The molecule has 0 saturated carbocycles. The van der Waals surface area contributed by atoms with Crippen LogP contribution < -0.4 is 5.32 Å². The monoisotopic (exact) mass is 459 g/mol. The topological polar surface area (TPSA) is 29.1 Å². The molecule has 2 aromatic carbocycles. The Labute approximate surface area is 146 Å². The van der Waals surface area contributed by atoms with E-state index < -0.39 is 35.1 Å². The van der Waals surface area contributed by atoms with Gasteiger partial charge in [0.1, 0.15) is 0 Å². The Hall–Kier alpha value is -1.78. The minimum absolute atomic E-state index is 0.0589. The van der Waals surface area contributed by atoms with Crippen LogP contribution in [-0.2, 0) is 12.4 Å². The Morgan fingerprint density at radius 3 is 2.08 bits per heavy atom. The molecular weight excluding hydrogens is 451 g/mol. The highest BCUT2D eigenvalue weighted by Gasteiger charge is 2.37. The highest BCUT2D eigenvalue weighted by atomic mass is 127. The number of anilines is 1. The van der Waals surface area contributed by atoms with Crippen molar-refractivity contribution in [1.82, 2.24) is 0 Å². The van der Waals surface area contributed by atoms with E-state index in [1.54, 1.807) is 34.7 Å². The molecule has 1 N–H and O–H groups in total. The van der Waals surface area contributed by atoms with Crippen molar-refractivity contribution in [2.75, 3.05) is 5.32 Å². The van der Waals surface area contributed by atoms with Crippen molar-refractivity contribution in [2.45, 2.75) is 12.4 Å². The van der Waals surface area contributed by atoms with Crippen molar-refractivity contribution in [2.24, 2.45) is 0 Å². The van der Waals surface area contributed by atoms with Crippen molar-refractivity contribution in [3.05, 3.63) is 62.7 Å². The van der Waals surface area contributed by atoms with Gasteiger partial charge in [-0.05, 0) is 52.9 Å². The van der Waals surface area contributed by atoms with E-state index in [1.807, 2.05) is 5.32 Å². The molecule has 0 aliphatic heterocycles. The van der Waals surface area contributed by atoms with Crippen molar-refractivity contribution >= 4 is 34.2 Å². The zero-order chi connectivity index (χ0) is 18.1. The van der Waals surface area contributed by atoms with Gasteiger partial charge in [-0.1, -0.05) is 12.1 Å². The molecule has 0 spiro atoms. The smallest absolute Gasteiger partial charge is 0.321 e. The molecular formula is C15H8F6INO. The fourth-order valence-electron chi connectivity index (χ4n) is 1.91. The maximum Gasteiger partial charge on any atom is 0.418 e. The van der Waals surface area contributed by atoms with Gasteiger partial charge < -0.3 is 5.32 Å². The first-order valence-electron chi connectivity index (χ1n) is 6.34. The Balaban J connectivity index is 2.47. The van der Waals surface area contributed by atoms with E-state index in [1.165, 1.54) is 12.1 Å². The third-order valence-electron chi connectivity index (χ3n) is 3.02. The molecule has 0 aliphatic carbocycles. The molecule has 9 heteroatoms. The molecule has 0 atom stereocenters. The average Bonchev–Trinajstić information content (AvgIpc) is 2.45. The van der Waals surface area contributed by atoms with Gasteiger partial charge in [0.05, 0.1) is 22.4 Å². The molecule has 0 bridgehead atoms. The molecule has 0 heterocycles. The van der Waals surface area contributed by atoms with E-state index in [0.29, 0.717) is 15.7 Å². The molecule has 2 aromatic rings. The second-order valence-electron chi connectivity index (χ2n) is 4.69. The summed E-state index contributed by atoms with van der Waals surface area (Å²) in [5.74, 6) is -0.926. The Morgan fingerprint density at radius 2 is 1.54 bits per heavy atom. The highest BCUT2D eigenvalue weighted by molar-refractivity contribution is 14.1. The van der Waals surface area contributed by atoms with Gasteiger partial charge >= 0.3 is 12.4 Å². The van der Waals surface area contributed by atoms with Crippen molar-refractivity contribution in [3.63, 3.8) is 0 Å². The molecule has 2 rings (SSSR count). The molecule has 0 fully saturated rings. The van der Waals surface area contributed by atoms with Crippen LogP contribution in [-0.4, -0.2) is 5.91 Å². The third-order valence-corrected chi connectivity index (χ3v) is 3.96. The third kappa shape index (κ3) is 4.19. The number of carbonyl (C=O) groups is 1. The predicted molar refractivity (Wildman–Crippen MR) is 83.6 cm³/mol. The van der Waals surface area contributed by atoms with Gasteiger partial charge in [-0.2, -0.15) is 26.3 Å². The van der Waals surface area contributed by atoms with E-state index in [0.717, 1.165) is 0 Å². The summed E-state index contributed by atoms with van der Waals surface area (Å²) in [6, 6.07) is 6.91. The highest BCUT2D eigenvalue weighted by Crippen LogP contribution is 2.39. The average molecular weight is 459 g/mol. The summed E-state index contributed by atoms with van der Waals surface area (Å²) in [6.07, 6.45) is -9.73. The summed E-state index contributed by atoms with van der Waals surface area (Å²) in [7, 11) is 0. The SMILES string of the molecule is O=C(Nc1cc(C(F)(F)F)ccc1C(F)(F)F)c1ccccc1I. The minimum atomic E-state index is -4.91. The lowest BCUT2D eigenvalue weighted by atomic mass is 10.1. The summed E-state index contributed by atoms with van der Waals surface area (Å²) in [5.41, 5.74) is -3.52. The van der Waals surface area contributed by atoms with Crippen LogP contribution in [0.3, 0.4) is 0 Å². The normalized spacial score (nSPS) is 12.1. The fraction of sp³-hybridized carbons (Fsp3) is 0.133. The van der Waals surface area contributed by atoms with Crippen LogP contribution in [0.25, 0.3) is 0 Å². The van der Waals surface area contributed by atoms with Gasteiger partial charge in [-0.3, -0.25) is 4.79 Å². The number of nitrogens with one attached hydrogen (secondary N) is 1. The molecule has 0 unspecified atom stereocenters. The molecule has 1 amide bonds. The van der Waals surface area contributed by atoms with Crippen LogP contribution in [0.1, 0.15) is 21.5 Å². The molecule has 0 radical (unpaired) electrons. The predicted octanol–water partition coefficient (Wildman–Crippen LogP) is 5.58. The molecule has 2 nitrogen and oxygen atoms in total. The number of halogens is 7. The van der Waals surface area contributed by atoms with Gasteiger partial charge in [0.25, 0.3) is 5.91 Å². The zero-order valence-corrected chi connectivity index (χ0v) is 13.8. The van der Waals surface area contributed by atoms with Gasteiger partial charge in [-0.15, -0.1) is 0 Å². The van der Waals surface area contributed by atoms with Crippen molar-refractivity contribution in [3.8, 4) is 0 Å². The van der Waals surface area contributed by atoms with Crippen molar-refractivity contribution in [1.29, 1.82) is 0 Å². The van der Waals surface area contributed by atoms with Crippen LogP contribution in [0, 0.1) is 3.57 Å². The molecule has 0 saturated heterocycles. The maximum atomic E-state index is 13.0. The van der Waals surface area contributed by atoms with Crippen LogP contribution >= 0.6 is 22.6 Å². The van der Waals surface area contributed by atoms with Gasteiger partial charge in [0, 0.05) is 3.57 Å². The first kappa shape index (κ1) is 18.6. The summed E-state index contributed by atoms with van der Waals surface area (Å²) >= 11 is 1.80. The first-order chi connectivity index (χ1) is 11.0. The van der Waals surface area contributed by atoms with E-state index in [9.17, 15) is 31.1 Å². The molecule has 0 aromatic heterocycles. The Bertz CT molecular complexity index is 769. The lowest BCUT2D eigenvalue weighted by Gasteiger charge is -2.16. The van der Waals surface area contributed by atoms with Crippen molar-refractivity contribution < 1.29 is 31.1 Å². The van der Waals surface area contributed by atoms with Crippen LogP contribution in [0.15, 0.2) is 42.5 Å². The number of rotatable bonds is 2. The number of carbonyl (C=O) groups excluding carboxylic acids is 1. The lowest BCUT2D eigenvalue weighted by Crippen LogP contribution is -2.18. The molecule has 128 valence electrons. The molecule has 0 aliphatic rings. The van der Waals surface area contributed by atoms with Crippen LogP contribution in [0.5, 0.6) is 0 Å². The van der Waals surface area contributed by atoms with E-state index in [4.69, 9.17) is 0 Å². The van der Waals surface area contributed by atoms with E-state index in [-0.39, 0.29) is 11.6 Å². The van der Waals surface area contributed by atoms with Gasteiger partial charge in [-0.25, -0.2) is 0 Å². The zero-order valence-electron chi connectivity index (χ0n) is 11.6. The summed E-state index contributed by atoms with van der Waals surface area (Å²) in [5, 5.41) is 1.92. The van der Waals surface area contributed by atoms with Gasteiger partial charge in [0.2, 0.25) is 0 Å². The lowest BCUT2D eigenvalue weighted by molar-refractivity contribution is -0.140. The largest absolute Gasteiger partial charge is 0.418 e. The Kier molecular flexibility index (Phi) is 5.11. The van der Waals surface area contributed by atoms with Gasteiger partial charge in [0.15, 0.2) is 0 Å². The fourth-order valence-corrected chi connectivity index (χ4v) is 2.54. The van der Waals surface area contributed by atoms with Crippen LogP contribution in [0.4, 0.5) is 32.0 Å². The summed E-state index contributed by atoms with van der Waals surface area (Å²) < 4.78 is 77.6. The Morgan fingerprint density at radius 1 is 0.917 bits per heavy atom.